The number of nitrogens with zero attached hydrogens (tertiary/aromatic N) is 3. The van der Waals surface area contributed by atoms with E-state index >= 15 is 0 Å². The molecule has 0 saturated heterocycles. The molecule has 25 heavy (non-hydrogen) atoms. The maximum atomic E-state index is 13.2. The SMILES string of the molecule is O=c1c(C(F)(F)F)cc(C2CC2)nn1Cc1csc(-c2ccco2)n1. The molecule has 0 aliphatic heterocycles. The summed E-state index contributed by atoms with van der Waals surface area (Å²) in [5.41, 5.74) is -1.55. The van der Waals surface area contributed by atoms with Crippen LogP contribution in [0.25, 0.3) is 10.8 Å². The molecule has 1 fully saturated rings. The topological polar surface area (TPSA) is 60.9 Å². The largest absolute Gasteiger partial charge is 0.462 e. The van der Waals surface area contributed by atoms with Crippen LogP contribution >= 0.6 is 11.3 Å². The van der Waals surface area contributed by atoms with Gasteiger partial charge in [-0.2, -0.15) is 18.3 Å². The molecular weight excluding hydrogens is 355 g/mol. The van der Waals surface area contributed by atoms with Gasteiger partial charge in [-0.25, -0.2) is 9.67 Å². The first kappa shape index (κ1) is 16.1. The second-order valence-electron chi connectivity index (χ2n) is 5.84. The fourth-order valence-electron chi connectivity index (χ4n) is 2.50. The van der Waals surface area contributed by atoms with E-state index in [1.165, 1.54) is 17.6 Å². The molecule has 0 unspecified atom stereocenters. The molecule has 0 spiro atoms. The summed E-state index contributed by atoms with van der Waals surface area (Å²) >= 11 is 1.29. The van der Waals surface area contributed by atoms with Crippen LogP contribution in [-0.4, -0.2) is 14.8 Å². The van der Waals surface area contributed by atoms with Gasteiger partial charge in [0.25, 0.3) is 5.56 Å². The van der Waals surface area contributed by atoms with Crippen LogP contribution in [0.1, 0.15) is 35.7 Å². The third kappa shape index (κ3) is 3.23. The number of alkyl halides is 3. The van der Waals surface area contributed by atoms with E-state index in [0.717, 1.165) is 23.6 Å². The fourth-order valence-corrected chi connectivity index (χ4v) is 3.27. The fraction of sp³-hybridized carbons (Fsp3) is 0.312. The molecule has 130 valence electrons. The van der Waals surface area contributed by atoms with Crippen molar-refractivity contribution >= 4 is 11.3 Å². The molecule has 5 nitrogen and oxygen atoms in total. The lowest BCUT2D eigenvalue weighted by atomic mass is 10.2. The van der Waals surface area contributed by atoms with Crippen LogP contribution in [0.4, 0.5) is 13.2 Å². The Morgan fingerprint density at radius 1 is 1.36 bits per heavy atom. The van der Waals surface area contributed by atoms with Crippen LogP contribution in [-0.2, 0) is 12.7 Å². The average molecular weight is 367 g/mol. The lowest BCUT2D eigenvalue weighted by Gasteiger charge is -2.11. The van der Waals surface area contributed by atoms with Crippen molar-refractivity contribution in [2.45, 2.75) is 31.5 Å². The summed E-state index contributed by atoms with van der Waals surface area (Å²) in [5.74, 6) is 0.571. The minimum atomic E-state index is -4.70. The monoisotopic (exact) mass is 367 g/mol. The van der Waals surface area contributed by atoms with Crippen LogP contribution in [0.3, 0.4) is 0 Å². The molecule has 1 aliphatic carbocycles. The van der Waals surface area contributed by atoms with E-state index in [9.17, 15) is 18.0 Å². The summed E-state index contributed by atoms with van der Waals surface area (Å²) in [4.78, 5) is 16.5. The van der Waals surface area contributed by atoms with Gasteiger partial charge in [0.15, 0.2) is 10.8 Å². The first-order valence-electron chi connectivity index (χ1n) is 7.59. The van der Waals surface area contributed by atoms with Crippen molar-refractivity contribution in [3.8, 4) is 10.8 Å². The molecule has 3 heterocycles. The van der Waals surface area contributed by atoms with E-state index in [2.05, 4.69) is 10.1 Å². The Morgan fingerprint density at radius 3 is 2.80 bits per heavy atom. The van der Waals surface area contributed by atoms with Crippen LogP contribution in [0.15, 0.2) is 39.1 Å². The Kier molecular flexibility index (Phi) is 3.75. The molecule has 1 aliphatic rings. The summed E-state index contributed by atoms with van der Waals surface area (Å²) in [6.07, 6.45) is -1.60. The van der Waals surface area contributed by atoms with Gasteiger partial charge < -0.3 is 4.42 Å². The Bertz CT molecular complexity index is 956. The second-order valence-corrected chi connectivity index (χ2v) is 6.70. The minimum absolute atomic E-state index is 0.00191. The predicted molar refractivity (Wildman–Crippen MR) is 84.4 cm³/mol. The third-order valence-corrected chi connectivity index (χ3v) is 4.80. The second kappa shape index (κ2) is 5.83. The van der Waals surface area contributed by atoms with E-state index in [0.29, 0.717) is 22.2 Å². The maximum Gasteiger partial charge on any atom is 0.421 e. The highest BCUT2D eigenvalue weighted by Crippen LogP contribution is 2.40. The van der Waals surface area contributed by atoms with Gasteiger partial charge in [0.1, 0.15) is 5.56 Å². The average Bonchev–Trinajstić information content (AvgIpc) is 3.06. The number of thiazole rings is 1. The quantitative estimate of drug-likeness (QED) is 0.702. The van der Waals surface area contributed by atoms with Crippen molar-refractivity contribution in [2.75, 3.05) is 0 Å². The molecule has 0 amide bonds. The lowest BCUT2D eigenvalue weighted by molar-refractivity contribution is -0.139. The number of aromatic nitrogens is 3. The van der Waals surface area contributed by atoms with Crippen LogP contribution in [0.5, 0.6) is 0 Å². The van der Waals surface area contributed by atoms with Gasteiger partial charge in [0.05, 0.1) is 24.2 Å². The van der Waals surface area contributed by atoms with Crippen molar-refractivity contribution in [1.82, 2.24) is 14.8 Å². The molecule has 9 heteroatoms. The van der Waals surface area contributed by atoms with Gasteiger partial charge in [-0.3, -0.25) is 4.79 Å². The smallest absolute Gasteiger partial charge is 0.421 e. The number of hydrogen-bond acceptors (Lipinski definition) is 5. The Hall–Kier alpha value is -2.42. The van der Waals surface area contributed by atoms with Gasteiger partial charge in [-0.15, -0.1) is 11.3 Å². The summed E-state index contributed by atoms with van der Waals surface area (Å²) < 4.78 is 45.6. The van der Waals surface area contributed by atoms with E-state index < -0.39 is 17.3 Å². The number of hydrogen-bond donors (Lipinski definition) is 0. The summed E-state index contributed by atoms with van der Waals surface area (Å²) in [5, 5.41) is 6.40. The van der Waals surface area contributed by atoms with E-state index in [1.807, 2.05) is 0 Å². The predicted octanol–water partition coefficient (Wildman–Crippen LogP) is 3.90. The molecule has 1 saturated carbocycles. The molecule has 4 rings (SSSR count). The van der Waals surface area contributed by atoms with Crippen LogP contribution in [0.2, 0.25) is 0 Å². The molecular formula is C16H12F3N3O2S. The molecule has 0 N–H and O–H groups in total. The van der Waals surface area contributed by atoms with Gasteiger partial charge >= 0.3 is 6.18 Å². The van der Waals surface area contributed by atoms with Gasteiger partial charge in [0, 0.05) is 11.3 Å². The Morgan fingerprint density at radius 2 is 2.16 bits per heavy atom. The minimum Gasteiger partial charge on any atom is -0.462 e. The zero-order valence-electron chi connectivity index (χ0n) is 12.8. The van der Waals surface area contributed by atoms with Gasteiger partial charge in [-0.1, -0.05) is 0 Å². The standard InChI is InChI=1S/C16H12F3N3O2S/c17-16(18,19)11-6-12(9-3-4-9)21-22(15(11)23)7-10-8-25-14(20-10)13-2-1-5-24-13/h1-2,5-6,8-9H,3-4,7H2. The molecule has 0 aromatic carbocycles. The van der Waals surface area contributed by atoms with Crippen molar-refractivity contribution in [3.63, 3.8) is 0 Å². The van der Waals surface area contributed by atoms with Crippen molar-refractivity contribution in [2.24, 2.45) is 0 Å². The molecule has 0 radical (unpaired) electrons. The van der Waals surface area contributed by atoms with Crippen molar-refractivity contribution < 1.29 is 17.6 Å². The Balaban J connectivity index is 1.70. The maximum absolute atomic E-state index is 13.2. The lowest BCUT2D eigenvalue weighted by Crippen LogP contribution is -2.31. The third-order valence-electron chi connectivity index (χ3n) is 3.89. The summed E-state index contributed by atoms with van der Waals surface area (Å²) in [7, 11) is 0. The first-order chi connectivity index (χ1) is 11.9. The van der Waals surface area contributed by atoms with Crippen molar-refractivity contribution in [3.05, 3.63) is 57.1 Å². The zero-order chi connectivity index (χ0) is 17.6. The number of furan rings is 1. The van der Waals surface area contributed by atoms with Crippen LogP contribution in [0, 0.1) is 0 Å². The molecule has 3 aromatic heterocycles. The van der Waals surface area contributed by atoms with E-state index in [-0.39, 0.29) is 12.5 Å². The number of rotatable bonds is 4. The molecule has 0 bridgehead atoms. The van der Waals surface area contributed by atoms with Crippen LogP contribution < -0.4 is 5.56 Å². The van der Waals surface area contributed by atoms with E-state index in [4.69, 9.17) is 4.42 Å². The highest BCUT2D eigenvalue weighted by atomic mass is 32.1. The highest BCUT2D eigenvalue weighted by molar-refractivity contribution is 7.13. The van der Waals surface area contributed by atoms with E-state index in [1.54, 1.807) is 17.5 Å². The number of halogens is 3. The summed E-state index contributed by atoms with van der Waals surface area (Å²) in [6.45, 7) is -0.111. The highest BCUT2D eigenvalue weighted by Gasteiger charge is 2.37. The normalized spacial score (nSPS) is 14.8. The molecule has 0 atom stereocenters. The molecule has 3 aromatic rings. The Labute approximate surface area is 143 Å². The first-order valence-corrected chi connectivity index (χ1v) is 8.47. The summed E-state index contributed by atoms with van der Waals surface area (Å²) in [6, 6.07) is 4.34. The zero-order valence-corrected chi connectivity index (χ0v) is 13.6. The van der Waals surface area contributed by atoms with Crippen molar-refractivity contribution in [1.29, 1.82) is 0 Å². The van der Waals surface area contributed by atoms with Gasteiger partial charge in [-0.05, 0) is 31.0 Å². The van der Waals surface area contributed by atoms with Gasteiger partial charge in [0.2, 0.25) is 0 Å².